The van der Waals surface area contributed by atoms with Gasteiger partial charge in [0.25, 0.3) is 0 Å². The molecule has 0 bridgehead atoms. The molecule has 1 heterocycles. The Bertz CT molecular complexity index is 40.8. The first kappa shape index (κ1) is 4.65. The highest BCUT2D eigenvalue weighted by atomic mass is 27.1. The Balaban J connectivity index is 2.18. The topological polar surface area (TPSA) is 3.24 Å². The smallest absolute Gasteiger partial charge is 0.321 e. The van der Waals surface area contributed by atoms with E-state index in [4.69, 9.17) is 0 Å². The molecule has 0 aliphatic carbocycles. The molecule has 1 saturated heterocycles. The molecule has 1 rings (SSSR count). The molecular formula is C4H10AlN. The summed E-state index contributed by atoms with van der Waals surface area (Å²) in [5.41, 5.74) is 0. The van der Waals surface area contributed by atoms with Crippen molar-refractivity contribution in [2.24, 2.45) is 0 Å². The van der Waals surface area contributed by atoms with Gasteiger partial charge in [0.05, 0.1) is 0 Å². The van der Waals surface area contributed by atoms with Crippen molar-refractivity contribution in [3.05, 3.63) is 0 Å². The summed E-state index contributed by atoms with van der Waals surface area (Å²) >= 11 is 1.29. The number of rotatable bonds is 0. The molecule has 1 aliphatic heterocycles. The molecular weight excluding hydrogens is 89.0 g/mol. The van der Waals surface area contributed by atoms with Crippen LogP contribution >= 0.6 is 0 Å². The molecule has 1 fully saturated rings. The van der Waals surface area contributed by atoms with Crippen molar-refractivity contribution in [1.29, 1.82) is 0 Å². The fourth-order valence-electron chi connectivity index (χ4n) is 0.875. The highest BCUT2D eigenvalue weighted by Gasteiger charge is 2.02. The van der Waals surface area contributed by atoms with Crippen LogP contribution in [0.25, 0.3) is 0 Å². The summed E-state index contributed by atoms with van der Waals surface area (Å²) in [6.45, 7) is 2.76. The van der Waals surface area contributed by atoms with Crippen molar-refractivity contribution >= 4 is 16.5 Å². The highest BCUT2D eigenvalue weighted by Crippen LogP contribution is 2.01. The van der Waals surface area contributed by atoms with E-state index in [2.05, 4.69) is 3.88 Å². The van der Waals surface area contributed by atoms with Gasteiger partial charge in [0, 0.05) is 0 Å². The third-order valence-electron chi connectivity index (χ3n) is 1.33. The maximum absolute atomic E-state index is 2.50. The van der Waals surface area contributed by atoms with Gasteiger partial charge < -0.3 is 3.88 Å². The Morgan fingerprint density at radius 2 is 1.67 bits per heavy atom. The van der Waals surface area contributed by atoms with E-state index in [0.29, 0.717) is 0 Å². The predicted octanol–water partition coefficient (Wildman–Crippen LogP) is -0.370. The molecule has 0 N–H and O–H groups in total. The van der Waals surface area contributed by atoms with Crippen LogP contribution in [0.15, 0.2) is 0 Å². The first-order valence-electron chi connectivity index (χ1n) is 2.58. The normalized spacial score (nSPS) is 25.3. The highest BCUT2D eigenvalue weighted by molar-refractivity contribution is 6.04. The fraction of sp³-hybridized carbons (Fsp3) is 1.00. The summed E-state index contributed by atoms with van der Waals surface area (Å²) in [7, 11) is 0. The van der Waals surface area contributed by atoms with Crippen molar-refractivity contribution in [3.63, 3.8) is 0 Å². The standard InChI is InChI=1S/C4H8N.Al.2H/c1-2-4-5-3-1;;;/h1-4H2;;;/q-1;+1;;. The van der Waals surface area contributed by atoms with Crippen LogP contribution in [-0.4, -0.2) is 33.5 Å². The Kier molecular flexibility index (Phi) is 1.53. The molecule has 0 amide bonds. The molecule has 0 unspecified atom stereocenters. The second kappa shape index (κ2) is 1.97. The fourth-order valence-corrected chi connectivity index (χ4v) is 1.51. The maximum Gasteiger partial charge on any atom is 0.321 e. The molecule has 0 aromatic carbocycles. The largest absolute Gasteiger partial charge is 0.390 e. The third-order valence-corrected chi connectivity index (χ3v) is 2.22. The van der Waals surface area contributed by atoms with Crippen LogP contribution in [0, 0.1) is 0 Å². The Morgan fingerprint density at radius 3 is 1.83 bits per heavy atom. The van der Waals surface area contributed by atoms with Crippen molar-refractivity contribution in [2.75, 3.05) is 13.1 Å². The van der Waals surface area contributed by atoms with Gasteiger partial charge >= 0.3 is 16.5 Å². The zero-order valence-corrected chi connectivity index (χ0v) is 6.28. The zero-order chi connectivity index (χ0) is 4.41. The van der Waals surface area contributed by atoms with E-state index in [-0.39, 0.29) is 0 Å². The summed E-state index contributed by atoms with van der Waals surface area (Å²) in [6, 6.07) is 0. The van der Waals surface area contributed by atoms with Gasteiger partial charge in [-0.1, -0.05) is 0 Å². The Hall–Kier alpha value is 0.492. The molecule has 34 valence electrons. The molecule has 0 atom stereocenters. The minimum atomic E-state index is 1.29. The van der Waals surface area contributed by atoms with Gasteiger partial charge in [0.2, 0.25) is 0 Å². The lowest BCUT2D eigenvalue weighted by Crippen LogP contribution is -2.13. The average molecular weight is 99.1 g/mol. The monoisotopic (exact) mass is 99.1 g/mol. The van der Waals surface area contributed by atoms with Crippen molar-refractivity contribution in [1.82, 2.24) is 3.88 Å². The van der Waals surface area contributed by atoms with E-state index >= 15 is 0 Å². The number of hydrogen-bond donors (Lipinski definition) is 0. The average Bonchev–Trinajstić information content (AvgIpc) is 1.86. The number of hydrogen-bond acceptors (Lipinski definition) is 1. The van der Waals surface area contributed by atoms with Crippen LogP contribution in [0.1, 0.15) is 12.8 Å². The lowest BCUT2D eigenvalue weighted by Gasteiger charge is -2.02. The third kappa shape index (κ3) is 0.976. The lowest BCUT2D eigenvalue weighted by molar-refractivity contribution is 0.565. The first-order valence-corrected chi connectivity index (χ1v) is 3.47. The molecule has 1 nitrogen and oxygen atoms in total. The zero-order valence-electron chi connectivity index (χ0n) is 4.28. The van der Waals surface area contributed by atoms with Crippen molar-refractivity contribution in [2.45, 2.75) is 12.8 Å². The van der Waals surface area contributed by atoms with Gasteiger partial charge in [-0.2, -0.15) is 0 Å². The molecule has 1 aliphatic rings. The Labute approximate surface area is 47.0 Å². The van der Waals surface area contributed by atoms with Gasteiger partial charge in [0.15, 0.2) is 0 Å². The van der Waals surface area contributed by atoms with Crippen LogP contribution < -0.4 is 0 Å². The molecule has 6 heavy (non-hydrogen) atoms. The van der Waals surface area contributed by atoms with E-state index < -0.39 is 0 Å². The Morgan fingerprint density at radius 1 is 1.17 bits per heavy atom. The van der Waals surface area contributed by atoms with Crippen LogP contribution in [0.2, 0.25) is 0 Å². The summed E-state index contributed by atoms with van der Waals surface area (Å²) in [5.74, 6) is 0. The van der Waals surface area contributed by atoms with Gasteiger partial charge in [0.1, 0.15) is 0 Å². The quantitative estimate of drug-likeness (QED) is 0.374. The molecule has 0 aromatic rings. The lowest BCUT2D eigenvalue weighted by atomic mass is 10.4. The molecule has 0 saturated carbocycles. The SMILES string of the molecule is [AlH2][N]1CCCC1. The summed E-state index contributed by atoms with van der Waals surface area (Å²) in [6.07, 6.45) is 2.90. The van der Waals surface area contributed by atoms with E-state index in [9.17, 15) is 0 Å². The molecule has 0 spiro atoms. The van der Waals surface area contributed by atoms with Gasteiger partial charge in [-0.25, -0.2) is 0 Å². The van der Waals surface area contributed by atoms with Gasteiger partial charge in [-0.3, -0.25) is 0 Å². The summed E-state index contributed by atoms with van der Waals surface area (Å²) in [5, 5.41) is 0. The molecule has 2 heteroatoms. The van der Waals surface area contributed by atoms with Crippen LogP contribution in [0.5, 0.6) is 0 Å². The molecule has 0 radical (unpaired) electrons. The van der Waals surface area contributed by atoms with Crippen LogP contribution in [0.4, 0.5) is 0 Å². The van der Waals surface area contributed by atoms with Crippen LogP contribution in [0.3, 0.4) is 0 Å². The van der Waals surface area contributed by atoms with Gasteiger partial charge in [-0.15, -0.1) is 0 Å². The van der Waals surface area contributed by atoms with E-state index in [0.717, 1.165) is 0 Å². The van der Waals surface area contributed by atoms with E-state index in [1.54, 1.807) is 0 Å². The van der Waals surface area contributed by atoms with Crippen molar-refractivity contribution < 1.29 is 0 Å². The summed E-state index contributed by atoms with van der Waals surface area (Å²) < 4.78 is 2.50. The van der Waals surface area contributed by atoms with E-state index in [1.807, 2.05) is 0 Å². The van der Waals surface area contributed by atoms with Gasteiger partial charge in [-0.05, 0) is 25.9 Å². The minimum absolute atomic E-state index is 1.29. The van der Waals surface area contributed by atoms with E-state index in [1.165, 1.54) is 42.4 Å². The maximum atomic E-state index is 2.50. The van der Waals surface area contributed by atoms with Crippen molar-refractivity contribution in [3.8, 4) is 0 Å². The predicted molar refractivity (Wildman–Crippen MR) is 29.4 cm³/mol. The van der Waals surface area contributed by atoms with Crippen LogP contribution in [-0.2, 0) is 0 Å². The second-order valence-electron chi connectivity index (χ2n) is 2.01. The summed E-state index contributed by atoms with van der Waals surface area (Å²) in [4.78, 5) is 0. The number of nitrogens with zero attached hydrogens (tertiary/aromatic N) is 1. The minimum Gasteiger partial charge on any atom is -0.390 e. The first-order chi connectivity index (χ1) is 2.89. The molecule has 0 aromatic heterocycles. The second-order valence-corrected chi connectivity index (χ2v) is 3.28.